The Morgan fingerprint density at radius 3 is 2.50 bits per heavy atom. The van der Waals surface area contributed by atoms with Crippen LogP contribution in [0.1, 0.15) is 50.2 Å². The zero-order chi connectivity index (χ0) is 11.8. The van der Waals surface area contributed by atoms with E-state index in [1.807, 2.05) is 7.05 Å². The SMILES string of the molecule is CCC[C@H](CCNC)c1ccccc1CC. The highest BCUT2D eigenvalue weighted by Gasteiger charge is 2.12. The molecule has 0 unspecified atom stereocenters. The summed E-state index contributed by atoms with van der Waals surface area (Å²) in [5, 5.41) is 3.26. The van der Waals surface area contributed by atoms with Gasteiger partial charge < -0.3 is 5.32 Å². The molecular weight excluding hydrogens is 194 g/mol. The van der Waals surface area contributed by atoms with Crippen LogP contribution in [0.5, 0.6) is 0 Å². The first-order valence-corrected chi connectivity index (χ1v) is 6.55. The van der Waals surface area contributed by atoms with Gasteiger partial charge in [-0.2, -0.15) is 0 Å². The first kappa shape index (κ1) is 13.2. The molecule has 0 heterocycles. The van der Waals surface area contributed by atoms with Gasteiger partial charge in [-0.05, 0) is 49.9 Å². The van der Waals surface area contributed by atoms with Crippen molar-refractivity contribution in [3.63, 3.8) is 0 Å². The van der Waals surface area contributed by atoms with Crippen LogP contribution in [-0.2, 0) is 6.42 Å². The fourth-order valence-electron chi connectivity index (χ4n) is 2.38. The van der Waals surface area contributed by atoms with E-state index in [-0.39, 0.29) is 0 Å². The van der Waals surface area contributed by atoms with Crippen molar-refractivity contribution in [2.24, 2.45) is 0 Å². The van der Waals surface area contributed by atoms with Gasteiger partial charge in [-0.25, -0.2) is 0 Å². The first-order chi connectivity index (χ1) is 7.83. The molecule has 0 saturated carbocycles. The fourth-order valence-corrected chi connectivity index (χ4v) is 2.38. The van der Waals surface area contributed by atoms with Gasteiger partial charge in [-0.15, -0.1) is 0 Å². The Bertz CT molecular complexity index is 293. The van der Waals surface area contributed by atoms with E-state index < -0.39 is 0 Å². The predicted octanol–water partition coefficient (Wildman–Crippen LogP) is 3.74. The summed E-state index contributed by atoms with van der Waals surface area (Å²) in [5.41, 5.74) is 3.10. The third-order valence-electron chi connectivity index (χ3n) is 3.26. The quantitative estimate of drug-likeness (QED) is 0.736. The molecule has 0 aliphatic heterocycles. The zero-order valence-corrected chi connectivity index (χ0v) is 10.9. The van der Waals surface area contributed by atoms with Crippen LogP contribution in [0.2, 0.25) is 0 Å². The predicted molar refractivity (Wildman–Crippen MR) is 72.0 cm³/mol. The van der Waals surface area contributed by atoms with Crippen molar-refractivity contribution in [3.8, 4) is 0 Å². The van der Waals surface area contributed by atoms with E-state index in [4.69, 9.17) is 0 Å². The van der Waals surface area contributed by atoms with Crippen LogP contribution >= 0.6 is 0 Å². The maximum atomic E-state index is 3.26. The van der Waals surface area contributed by atoms with Gasteiger partial charge in [0, 0.05) is 0 Å². The molecule has 0 aliphatic rings. The second-order valence-corrected chi connectivity index (χ2v) is 4.43. The van der Waals surface area contributed by atoms with Crippen LogP contribution in [-0.4, -0.2) is 13.6 Å². The first-order valence-electron chi connectivity index (χ1n) is 6.55. The van der Waals surface area contributed by atoms with Gasteiger partial charge >= 0.3 is 0 Å². The normalized spacial score (nSPS) is 12.7. The van der Waals surface area contributed by atoms with E-state index in [1.54, 1.807) is 5.56 Å². The average Bonchev–Trinajstić information content (AvgIpc) is 2.34. The highest BCUT2D eigenvalue weighted by Crippen LogP contribution is 2.27. The van der Waals surface area contributed by atoms with Crippen LogP contribution in [0.3, 0.4) is 0 Å². The molecule has 0 saturated heterocycles. The van der Waals surface area contributed by atoms with E-state index in [0.717, 1.165) is 18.9 Å². The van der Waals surface area contributed by atoms with Crippen LogP contribution < -0.4 is 5.32 Å². The van der Waals surface area contributed by atoms with E-state index in [0.29, 0.717) is 0 Å². The number of hydrogen-bond donors (Lipinski definition) is 1. The minimum absolute atomic E-state index is 0.730. The molecule has 0 radical (unpaired) electrons. The second kappa shape index (κ2) is 7.45. The number of aryl methyl sites for hydroxylation is 1. The van der Waals surface area contributed by atoms with E-state index in [1.165, 1.54) is 24.8 Å². The maximum Gasteiger partial charge on any atom is -0.00461 e. The molecule has 0 bridgehead atoms. The molecule has 0 fully saturated rings. The fraction of sp³-hybridized carbons (Fsp3) is 0.600. The highest BCUT2D eigenvalue weighted by atomic mass is 14.8. The van der Waals surface area contributed by atoms with Gasteiger partial charge in [0.05, 0.1) is 0 Å². The van der Waals surface area contributed by atoms with E-state index in [2.05, 4.69) is 43.4 Å². The smallest absolute Gasteiger partial charge is 0.00461 e. The highest BCUT2D eigenvalue weighted by molar-refractivity contribution is 5.30. The van der Waals surface area contributed by atoms with Crippen LogP contribution in [0.4, 0.5) is 0 Å². The molecule has 1 aromatic rings. The summed E-state index contributed by atoms with van der Waals surface area (Å²) in [5.74, 6) is 0.730. The largest absolute Gasteiger partial charge is 0.320 e. The lowest BCUT2D eigenvalue weighted by Crippen LogP contribution is -2.13. The summed E-state index contributed by atoms with van der Waals surface area (Å²) >= 11 is 0. The molecule has 1 atom stereocenters. The summed E-state index contributed by atoms with van der Waals surface area (Å²) < 4.78 is 0. The van der Waals surface area contributed by atoms with E-state index >= 15 is 0 Å². The molecule has 0 spiro atoms. The molecule has 1 aromatic carbocycles. The van der Waals surface area contributed by atoms with Gasteiger partial charge in [0.2, 0.25) is 0 Å². The topological polar surface area (TPSA) is 12.0 Å². The summed E-state index contributed by atoms with van der Waals surface area (Å²) in [6.45, 7) is 5.64. The lowest BCUT2D eigenvalue weighted by Gasteiger charge is -2.19. The standard InChI is InChI=1S/C15H25N/c1-4-8-14(11-12-16-3)15-10-7-6-9-13(15)5-2/h6-7,9-10,14,16H,4-5,8,11-12H2,1-3H3/t14-/m1/s1. The molecule has 1 rings (SSSR count). The monoisotopic (exact) mass is 219 g/mol. The van der Waals surface area contributed by atoms with Crippen molar-refractivity contribution in [1.82, 2.24) is 5.32 Å². The van der Waals surface area contributed by atoms with Gasteiger partial charge in [0.1, 0.15) is 0 Å². The summed E-state index contributed by atoms with van der Waals surface area (Å²) in [6.07, 6.45) is 4.97. The van der Waals surface area contributed by atoms with Crippen molar-refractivity contribution in [1.29, 1.82) is 0 Å². The molecule has 0 aromatic heterocycles. The number of nitrogens with one attached hydrogen (secondary N) is 1. The average molecular weight is 219 g/mol. The van der Waals surface area contributed by atoms with Gasteiger partial charge in [0.15, 0.2) is 0 Å². The Morgan fingerprint density at radius 2 is 1.88 bits per heavy atom. The minimum atomic E-state index is 0.730. The Kier molecular flexibility index (Phi) is 6.17. The molecule has 1 N–H and O–H groups in total. The summed E-state index contributed by atoms with van der Waals surface area (Å²) in [7, 11) is 2.04. The van der Waals surface area contributed by atoms with Crippen LogP contribution in [0.25, 0.3) is 0 Å². The summed E-state index contributed by atoms with van der Waals surface area (Å²) in [6, 6.07) is 8.92. The Hall–Kier alpha value is -0.820. The number of hydrogen-bond acceptors (Lipinski definition) is 1. The lowest BCUT2D eigenvalue weighted by molar-refractivity contribution is 0.548. The second-order valence-electron chi connectivity index (χ2n) is 4.43. The van der Waals surface area contributed by atoms with Crippen LogP contribution in [0.15, 0.2) is 24.3 Å². The molecular formula is C15H25N. The van der Waals surface area contributed by atoms with Crippen molar-refractivity contribution in [2.45, 2.75) is 45.4 Å². The Morgan fingerprint density at radius 1 is 1.12 bits per heavy atom. The van der Waals surface area contributed by atoms with Crippen molar-refractivity contribution < 1.29 is 0 Å². The van der Waals surface area contributed by atoms with Crippen molar-refractivity contribution >= 4 is 0 Å². The van der Waals surface area contributed by atoms with E-state index in [9.17, 15) is 0 Å². The molecule has 90 valence electrons. The molecule has 1 nitrogen and oxygen atoms in total. The third kappa shape index (κ3) is 3.64. The molecule has 16 heavy (non-hydrogen) atoms. The van der Waals surface area contributed by atoms with Gasteiger partial charge in [0.25, 0.3) is 0 Å². The number of rotatable bonds is 7. The maximum absolute atomic E-state index is 3.26. The van der Waals surface area contributed by atoms with Gasteiger partial charge in [-0.1, -0.05) is 44.5 Å². The zero-order valence-electron chi connectivity index (χ0n) is 10.9. The van der Waals surface area contributed by atoms with Crippen molar-refractivity contribution in [2.75, 3.05) is 13.6 Å². The Labute approximate surface area is 100 Å². The van der Waals surface area contributed by atoms with Crippen molar-refractivity contribution in [3.05, 3.63) is 35.4 Å². The summed E-state index contributed by atoms with van der Waals surface area (Å²) in [4.78, 5) is 0. The molecule has 0 amide bonds. The van der Waals surface area contributed by atoms with Gasteiger partial charge in [-0.3, -0.25) is 0 Å². The lowest BCUT2D eigenvalue weighted by atomic mass is 9.87. The number of benzene rings is 1. The Balaban J connectivity index is 2.81. The molecule has 1 heteroatoms. The third-order valence-corrected chi connectivity index (χ3v) is 3.26. The van der Waals surface area contributed by atoms with Crippen LogP contribution in [0, 0.1) is 0 Å². The minimum Gasteiger partial charge on any atom is -0.320 e. The molecule has 0 aliphatic carbocycles.